The van der Waals surface area contributed by atoms with Gasteiger partial charge in [-0.25, -0.2) is 0 Å². The highest BCUT2D eigenvalue weighted by molar-refractivity contribution is 9.10. The monoisotopic (exact) mass is 343 g/mol. The van der Waals surface area contributed by atoms with Gasteiger partial charge < -0.3 is 10.2 Å². The number of nitrogens with two attached hydrogens (primary N) is 1. The predicted octanol–water partition coefficient (Wildman–Crippen LogP) is 5.11. The summed E-state index contributed by atoms with van der Waals surface area (Å²) >= 11 is 3.58. The van der Waals surface area contributed by atoms with Crippen LogP contribution in [0.1, 0.15) is 35.4 Å². The van der Waals surface area contributed by atoms with Crippen molar-refractivity contribution in [1.82, 2.24) is 0 Å². The highest BCUT2D eigenvalue weighted by Gasteiger charge is 2.21. The standard InChI is InChI=1S/C18H18BrNO/c1-3-15-17(13-7-4-5-10-16(13)21-15)18(20)12-8-6-9-14(19)11(12)2/h4-10,18H,3,20H2,1-2H3. The molecule has 3 rings (SSSR count). The first kappa shape index (κ1) is 14.4. The molecular weight excluding hydrogens is 326 g/mol. The van der Waals surface area contributed by atoms with E-state index in [0.29, 0.717) is 0 Å². The van der Waals surface area contributed by atoms with Crippen LogP contribution in [-0.2, 0) is 6.42 Å². The van der Waals surface area contributed by atoms with Gasteiger partial charge in [0.15, 0.2) is 0 Å². The smallest absolute Gasteiger partial charge is 0.134 e. The Balaban J connectivity index is 2.21. The Morgan fingerprint density at radius 2 is 1.90 bits per heavy atom. The van der Waals surface area contributed by atoms with E-state index in [9.17, 15) is 0 Å². The minimum atomic E-state index is -0.180. The van der Waals surface area contributed by atoms with Gasteiger partial charge in [0, 0.05) is 21.8 Å². The largest absolute Gasteiger partial charge is 0.461 e. The first-order valence-corrected chi connectivity index (χ1v) is 7.93. The van der Waals surface area contributed by atoms with Gasteiger partial charge in [0.2, 0.25) is 0 Å². The van der Waals surface area contributed by atoms with Crippen molar-refractivity contribution in [1.29, 1.82) is 0 Å². The third-order valence-electron chi connectivity index (χ3n) is 3.99. The number of hydrogen-bond donors (Lipinski definition) is 1. The molecule has 0 aliphatic carbocycles. The van der Waals surface area contributed by atoms with Crippen LogP contribution in [0.5, 0.6) is 0 Å². The van der Waals surface area contributed by atoms with E-state index >= 15 is 0 Å². The Labute approximate surface area is 133 Å². The van der Waals surface area contributed by atoms with E-state index in [2.05, 4.69) is 41.9 Å². The summed E-state index contributed by atoms with van der Waals surface area (Å²) in [4.78, 5) is 0. The summed E-state index contributed by atoms with van der Waals surface area (Å²) in [5.74, 6) is 0.975. The van der Waals surface area contributed by atoms with E-state index in [1.54, 1.807) is 0 Å². The minimum absolute atomic E-state index is 0.180. The number of furan rings is 1. The van der Waals surface area contributed by atoms with E-state index in [-0.39, 0.29) is 6.04 Å². The molecule has 1 heterocycles. The molecule has 0 saturated heterocycles. The van der Waals surface area contributed by atoms with Crippen molar-refractivity contribution in [3.63, 3.8) is 0 Å². The normalized spacial score (nSPS) is 12.8. The number of halogens is 1. The molecule has 0 aliphatic heterocycles. The molecule has 21 heavy (non-hydrogen) atoms. The maximum Gasteiger partial charge on any atom is 0.134 e. The van der Waals surface area contributed by atoms with Crippen LogP contribution in [0.25, 0.3) is 11.0 Å². The van der Waals surface area contributed by atoms with Gasteiger partial charge in [-0.2, -0.15) is 0 Å². The Morgan fingerprint density at radius 3 is 2.67 bits per heavy atom. The summed E-state index contributed by atoms with van der Waals surface area (Å²) in [5.41, 5.74) is 10.9. The van der Waals surface area contributed by atoms with Crippen molar-refractivity contribution < 1.29 is 4.42 Å². The number of aryl methyl sites for hydroxylation is 1. The number of para-hydroxylation sites is 1. The van der Waals surface area contributed by atoms with E-state index in [1.165, 1.54) is 5.56 Å². The SMILES string of the molecule is CCc1oc2ccccc2c1C(N)c1cccc(Br)c1C. The van der Waals surface area contributed by atoms with E-state index in [1.807, 2.05) is 30.3 Å². The van der Waals surface area contributed by atoms with E-state index in [0.717, 1.165) is 38.7 Å². The minimum Gasteiger partial charge on any atom is -0.461 e. The molecule has 0 saturated carbocycles. The molecule has 108 valence electrons. The number of rotatable bonds is 3. The van der Waals surface area contributed by atoms with Gasteiger partial charge in [-0.05, 0) is 30.2 Å². The molecule has 0 amide bonds. The average Bonchev–Trinajstić information content (AvgIpc) is 2.88. The molecule has 2 nitrogen and oxygen atoms in total. The summed E-state index contributed by atoms with van der Waals surface area (Å²) in [7, 11) is 0. The second-order valence-electron chi connectivity index (χ2n) is 5.22. The molecule has 3 aromatic rings. The third-order valence-corrected chi connectivity index (χ3v) is 4.85. The first-order chi connectivity index (χ1) is 10.1. The fourth-order valence-electron chi connectivity index (χ4n) is 2.84. The summed E-state index contributed by atoms with van der Waals surface area (Å²) in [6, 6.07) is 14.1. The van der Waals surface area contributed by atoms with Gasteiger partial charge in [0.05, 0.1) is 6.04 Å². The summed E-state index contributed by atoms with van der Waals surface area (Å²) < 4.78 is 7.05. The fraction of sp³-hybridized carbons (Fsp3) is 0.222. The quantitative estimate of drug-likeness (QED) is 0.717. The lowest BCUT2D eigenvalue weighted by Gasteiger charge is -2.16. The summed E-state index contributed by atoms with van der Waals surface area (Å²) in [6.45, 7) is 4.19. The molecule has 0 aliphatic rings. The molecule has 1 aromatic heterocycles. The molecule has 2 aromatic carbocycles. The first-order valence-electron chi connectivity index (χ1n) is 7.14. The van der Waals surface area contributed by atoms with Crippen LogP contribution < -0.4 is 5.73 Å². The topological polar surface area (TPSA) is 39.2 Å². The van der Waals surface area contributed by atoms with Crippen LogP contribution in [0, 0.1) is 6.92 Å². The average molecular weight is 344 g/mol. The number of fused-ring (bicyclic) bond motifs is 1. The van der Waals surface area contributed by atoms with Gasteiger partial charge in [-0.15, -0.1) is 0 Å². The zero-order chi connectivity index (χ0) is 15.0. The van der Waals surface area contributed by atoms with Crippen molar-refractivity contribution in [3.8, 4) is 0 Å². The second-order valence-corrected chi connectivity index (χ2v) is 6.07. The van der Waals surface area contributed by atoms with Gasteiger partial charge in [-0.1, -0.05) is 53.2 Å². The Bertz CT molecular complexity index is 791. The molecule has 0 radical (unpaired) electrons. The fourth-order valence-corrected chi connectivity index (χ4v) is 3.22. The predicted molar refractivity (Wildman–Crippen MR) is 90.5 cm³/mol. The highest BCUT2D eigenvalue weighted by Crippen LogP contribution is 2.35. The van der Waals surface area contributed by atoms with Crippen LogP contribution in [-0.4, -0.2) is 0 Å². The molecule has 3 heteroatoms. The van der Waals surface area contributed by atoms with Crippen LogP contribution in [0.3, 0.4) is 0 Å². The zero-order valence-corrected chi connectivity index (χ0v) is 13.8. The number of benzene rings is 2. The highest BCUT2D eigenvalue weighted by atomic mass is 79.9. The molecule has 0 fully saturated rings. The van der Waals surface area contributed by atoms with Crippen LogP contribution in [0.4, 0.5) is 0 Å². The molecule has 0 bridgehead atoms. The molecule has 2 N–H and O–H groups in total. The van der Waals surface area contributed by atoms with E-state index < -0.39 is 0 Å². The summed E-state index contributed by atoms with van der Waals surface area (Å²) in [6.07, 6.45) is 0.838. The summed E-state index contributed by atoms with van der Waals surface area (Å²) in [5, 5.41) is 1.11. The van der Waals surface area contributed by atoms with Gasteiger partial charge in [-0.3, -0.25) is 0 Å². The van der Waals surface area contributed by atoms with Crippen molar-refractivity contribution in [3.05, 3.63) is 69.4 Å². The van der Waals surface area contributed by atoms with Crippen LogP contribution in [0.15, 0.2) is 51.4 Å². The molecule has 1 atom stereocenters. The lowest BCUT2D eigenvalue weighted by Crippen LogP contribution is -2.14. The van der Waals surface area contributed by atoms with E-state index in [4.69, 9.17) is 10.2 Å². The van der Waals surface area contributed by atoms with Crippen LogP contribution in [0.2, 0.25) is 0 Å². The molecule has 0 spiro atoms. The van der Waals surface area contributed by atoms with Gasteiger partial charge in [0.25, 0.3) is 0 Å². The van der Waals surface area contributed by atoms with Crippen molar-refractivity contribution in [2.24, 2.45) is 5.73 Å². The van der Waals surface area contributed by atoms with Crippen LogP contribution >= 0.6 is 15.9 Å². The zero-order valence-electron chi connectivity index (χ0n) is 12.2. The lowest BCUT2D eigenvalue weighted by molar-refractivity contribution is 0.546. The third kappa shape index (κ3) is 2.41. The van der Waals surface area contributed by atoms with Crippen molar-refractivity contribution >= 4 is 26.9 Å². The second kappa shape index (κ2) is 5.66. The van der Waals surface area contributed by atoms with Gasteiger partial charge >= 0.3 is 0 Å². The maximum absolute atomic E-state index is 6.59. The van der Waals surface area contributed by atoms with Gasteiger partial charge in [0.1, 0.15) is 11.3 Å². The Kier molecular flexibility index (Phi) is 3.87. The molecular formula is C18H18BrNO. The lowest BCUT2D eigenvalue weighted by atomic mass is 9.93. The Hall–Kier alpha value is -1.58. The maximum atomic E-state index is 6.59. The van der Waals surface area contributed by atoms with Crippen molar-refractivity contribution in [2.75, 3.05) is 0 Å². The number of hydrogen-bond acceptors (Lipinski definition) is 2. The Morgan fingerprint density at radius 1 is 1.14 bits per heavy atom. The van der Waals surface area contributed by atoms with Crippen molar-refractivity contribution in [2.45, 2.75) is 26.3 Å². The molecule has 1 unspecified atom stereocenters.